The molecule has 0 unspecified atom stereocenters. The predicted molar refractivity (Wildman–Crippen MR) is 112 cm³/mol. The summed E-state index contributed by atoms with van der Waals surface area (Å²) in [5.41, 5.74) is 0.265. The van der Waals surface area contributed by atoms with Crippen LogP contribution in [0.15, 0.2) is 12.2 Å². The first-order valence-electron chi connectivity index (χ1n) is 11.8. The Morgan fingerprint density at radius 3 is 2.75 bits per heavy atom. The molecule has 3 fully saturated rings. The van der Waals surface area contributed by atoms with E-state index in [9.17, 15) is 4.79 Å². The Kier molecular flexibility index (Phi) is 5.68. The van der Waals surface area contributed by atoms with Crippen LogP contribution in [0.25, 0.3) is 0 Å². The number of hydrogen-bond acceptors (Lipinski definition) is 3. The van der Waals surface area contributed by atoms with E-state index in [1.807, 2.05) is 0 Å². The summed E-state index contributed by atoms with van der Waals surface area (Å²) < 4.78 is 11.8. The molecule has 0 aromatic rings. The number of carbonyl (C=O) groups is 1. The van der Waals surface area contributed by atoms with Crippen LogP contribution in [0.4, 0.5) is 0 Å². The molecule has 0 radical (unpaired) electrons. The zero-order chi connectivity index (χ0) is 19.9. The van der Waals surface area contributed by atoms with E-state index >= 15 is 0 Å². The van der Waals surface area contributed by atoms with E-state index in [1.165, 1.54) is 58.5 Å². The Labute approximate surface area is 171 Å². The van der Waals surface area contributed by atoms with E-state index in [2.05, 4.69) is 32.9 Å². The standard InChI is InChI=1S/C25H40O3/c1-17-7-9-22-21-11-10-20(18(2)8-12-23(26)27-4)24(21,3)14-15-25(22)13-5-6-19(16-17)28-25/h14-15,17-22H,5-13,16H2,1-4H3/t17-,18-,19-,20+,21-,22+,24-,25-/m1/s1. The fraction of sp³-hybridized carbons (Fsp3) is 0.880. The summed E-state index contributed by atoms with van der Waals surface area (Å²) >= 11 is 0. The van der Waals surface area contributed by atoms with Gasteiger partial charge in [0.1, 0.15) is 0 Å². The molecule has 2 heterocycles. The summed E-state index contributed by atoms with van der Waals surface area (Å²) in [5, 5.41) is 0. The number of fused-ring (bicyclic) bond motifs is 3. The zero-order valence-electron chi connectivity index (χ0n) is 18.4. The second-order valence-electron chi connectivity index (χ2n) is 10.7. The molecule has 1 saturated carbocycles. The van der Waals surface area contributed by atoms with Gasteiger partial charge in [0.05, 0.1) is 18.8 Å². The third-order valence-electron chi connectivity index (χ3n) is 9.06. The Hall–Kier alpha value is -0.830. The lowest BCUT2D eigenvalue weighted by atomic mass is 9.56. The van der Waals surface area contributed by atoms with Crippen molar-refractivity contribution in [2.45, 2.75) is 96.7 Å². The largest absolute Gasteiger partial charge is 0.469 e. The van der Waals surface area contributed by atoms with Gasteiger partial charge in [0, 0.05) is 6.42 Å². The van der Waals surface area contributed by atoms with E-state index in [-0.39, 0.29) is 17.0 Å². The molecule has 3 nitrogen and oxygen atoms in total. The van der Waals surface area contributed by atoms with Crippen molar-refractivity contribution >= 4 is 5.97 Å². The van der Waals surface area contributed by atoms with Gasteiger partial charge in [-0.3, -0.25) is 4.79 Å². The minimum atomic E-state index is -0.0691. The molecule has 4 aliphatic rings. The van der Waals surface area contributed by atoms with E-state index in [1.54, 1.807) is 0 Å². The first-order valence-corrected chi connectivity index (χ1v) is 11.8. The molecule has 2 aliphatic carbocycles. The van der Waals surface area contributed by atoms with Gasteiger partial charge in [0.2, 0.25) is 0 Å². The molecule has 2 saturated heterocycles. The monoisotopic (exact) mass is 388 g/mol. The molecular formula is C25H40O3. The molecule has 4 rings (SSSR count). The van der Waals surface area contributed by atoms with Crippen molar-refractivity contribution in [3.8, 4) is 0 Å². The topological polar surface area (TPSA) is 35.5 Å². The summed E-state index contributed by atoms with van der Waals surface area (Å²) in [7, 11) is 1.50. The van der Waals surface area contributed by atoms with E-state index in [0.717, 1.165) is 18.3 Å². The molecule has 0 amide bonds. The number of ether oxygens (including phenoxy) is 2. The first-order chi connectivity index (χ1) is 13.4. The number of esters is 1. The lowest BCUT2D eigenvalue weighted by molar-refractivity contribution is -0.170. The second kappa shape index (κ2) is 7.78. The van der Waals surface area contributed by atoms with Crippen molar-refractivity contribution in [2.24, 2.45) is 35.0 Å². The maximum absolute atomic E-state index is 11.6. The van der Waals surface area contributed by atoms with Crippen LogP contribution < -0.4 is 0 Å². The highest BCUT2D eigenvalue weighted by molar-refractivity contribution is 5.69. The fourth-order valence-corrected chi connectivity index (χ4v) is 7.54. The highest BCUT2D eigenvalue weighted by atomic mass is 16.5. The van der Waals surface area contributed by atoms with Crippen LogP contribution in [-0.2, 0) is 14.3 Å². The van der Waals surface area contributed by atoms with Crippen LogP contribution in [0.5, 0.6) is 0 Å². The maximum Gasteiger partial charge on any atom is 0.305 e. The number of hydrogen-bond donors (Lipinski definition) is 0. The van der Waals surface area contributed by atoms with Crippen LogP contribution in [-0.4, -0.2) is 24.8 Å². The van der Waals surface area contributed by atoms with Gasteiger partial charge >= 0.3 is 5.97 Å². The quantitative estimate of drug-likeness (QED) is 0.443. The van der Waals surface area contributed by atoms with Gasteiger partial charge in [-0.15, -0.1) is 0 Å². The normalized spacial score (nSPS) is 46.1. The summed E-state index contributed by atoms with van der Waals surface area (Å²) in [5.74, 6) is 3.34. The molecule has 158 valence electrons. The molecular weight excluding hydrogens is 348 g/mol. The lowest BCUT2D eigenvalue weighted by Crippen LogP contribution is -2.54. The fourth-order valence-electron chi connectivity index (χ4n) is 7.54. The van der Waals surface area contributed by atoms with Gasteiger partial charge in [-0.1, -0.05) is 39.3 Å². The van der Waals surface area contributed by atoms with Gasteiger partial charge in [-0.25, -0.2) is 0 Å². The summed E-state index contributed by atoms with van der Waals surface area (Å²) in [6.07, 6.45) is 17.4. The lowest BCUT2D eigenvalue weighted by Gasteiger charge is -2.55. The third kappa shape index (κ3) is 3.46. The minimum absolute atomic E-state index is 0.0113. The van der Waals surface area contributed by atoms with Crippen LogP contribution in [0.3, 0.4) is 0 Å². The van der Waals surface area contributed by atoms with E-state index in [4.69, 9.17) is 9.47 Å². The van der Waals surface area contributed by atoms with Crippen molar-refractivity contribution in [1.29, 1.82) is 0 Å². The molecule has 8 atom stereocenters. The molecule has 0 aromatic heterocycles. The molecule has 3 heteroatoms. The van der Waals surface area contributed by atoms with Gasteiger partial charge in [0.25, 0.3) is 0 Å². The van der Waals surface area contributed by atoms with Crippen molar-refractivity contribution in [3.05, 3.63) is 12.2 Å². The van der Waals surface area contributed by atoms with Crippen LogP contribution in [0.2, 0.25) is 0 Å². The molecule has 0 aromatic carbocycles. The number of methoxy groups -OCH3 is 1. The molecule has 2 aliphatic heterocycles. The summed E-state index contributed by atoms with van der Waals surface area (Å²) in [4.78, 5) is 11.6. The SMILES string of the molecule is COC(=O)CC[C@@H](C)[C@@H]1CC[C@@H]2[C@@H]3CC[C@@H](C)C[C@H]4CCC[C@]3(C=C[C@@]21C)O4. The Morgan fingerprint density at radius 1 is 1.18 bits per heavy atom. The molecule has 1 spiro atoms. The zero-order valence-corrected chi connectivity index (χ0v) is 18.4. The summed E-state index contributed by atoms with van der Waals surface area (Å²) in [6, 6.07) is 0. The average Bonchev–Trinajstić information content (AvgIpc) is 3.02. The van der Waals surface area contributed by atoms with Crippen LogP contribution >= 0.6 is 0 Å². The third-order valence-corrected chi connectivity index (χ3v) is 9.06. The second-order valence-corrected chi connectivity index (χ2v) is 10.7. The van der Waals surface area contributed by atoms with Crippen molar-refractivity contribution in [2.75, 3.05) is 7.11 Å². The minimum Gasteiger partial charge on any atom is -0.469 e. The van der Waals surface area contributed by atoms with Gasteiger partial charge < -0.3 is 9.47 Å². The van der Waals surface area contributed by atoms with Crippen molar-refractivity contribution in [3.63, 3.8) is 0 Å². The van der Waals surface area contributed by atoms with Crippen molar-refractivity contribution in [1.82, 2.24) is 0 Å². The number of allylic oxidation sites excluding steroid dienone is 1. The van der Waals surface area contributed by atoms with Gasteiger partial charge in [-0.2, -0.15) is 0 Å². The van der Waals surface area contributed by atoms with Gasteiger partial charge in [-0.05, 0) is 86.4 Å². The number of rotatable bonds is 4. The summed E-state index contributed by atoms with van der Waals surface area (Å²) in [6.45, 7) is 7.29. The van der Waals surface area contributed by atoms with E-state index in [0.29, 0.717) is 30.3 Å². The maximum atomic E-state index is 11.6. The van der Waals surface area contributed by atoms with E-state index < -0.39 is 0 Å². The number of carbonyl (C=O) groups excluding carboxylic acids is 1. The Bertz CT molecular complexity index is 613. The highest BCUT2D eigenvalue weighted by Gasteiger charge is 2.58. The molecule has 28 heavy (non-hydrogen) atoms. The predicted octanol–water partition coefficient (Wildman–Crippen LogP) is 5.92. The van der Waals surface area contributed by atoms with Crippen LogP contribution in [0, 0.1) is 35.0 Å². The smallest absolute Gasteiger partial charge is 0.305 e. The molecule has 2 bridgehead atoms. The van der Waals surface area contributed by atoms with Gasteiger partial charge in [0.15, 0.2) is 0 Å². The molecule has 0 N–H and O–H groups in total. The van der Waals surface area contributed by atoms with Crippen LogP contribution in [0.1, 0.15) is 85.0 Å². The Balaban J connectivity index is 1.57. The highest BCUT2D eigenvalue weighted by Crippen LogP contribution is 2.62. The average molecular weight is 389 g/mol. The van der Waals surface area contributed by atoms with Crippen molar-refractivity contribution < 1.29 is 14.3 Å². The Morgan fingerprint density at radius 2 is 1.96 bits per heavy atom. The first kappa shape index (κ1) is 20.4.